The third-order valence-corrected chi connectivity index (χ3v) is 6.05. The molecule has 7 heteroatoms. The van der Waals surface area contributed by atoms with Gasteiger partial charge < -0.3 is 20.5 Å². The minimum atomic E-state index is -0.606. The van der Waals surface area contributed by atoms with Crippen molar-refractivity contribution < 1.29 is 19.1 Å². The molecule has 0 aliphatic carbocycles. The lowest BCUT2D eigenvalue weighted by Crippen LogP contribution is -2.42. The van der Waals surface area contributed by atoms with E-state index in [-0.39, 0.29) is 11.7 Å². The fourth-order valence-corrected chi connectivity index (χ4v) is 3.94. The molecule has 4 N–H and O–H groups in total. The number of carbonyl (C=O) groups excluding carboxylic acids is 2. The van der Waals surface area contributed by atoms with E-state index >= 15 is 0 Å². The molecule has 0 bridgehead atoms. The van der Waals surface area contributed by atoms with E-state index in [1.165, 1.54) is 7.11 Å². The van der Waals surface area contributed by atoms with Gasteiger partial charge in [-0.3, -0.25) is 15.0 Å². The first kappa shape index (κ1) is 25.5. The molecular formula is C28H31N3O4. The summed E-state index contributed by atoms with van der Waals surface area (Å²) in [6.07, 6.45) is 0.337. The van der Waals surface area contributed by atoms with Gasteiger partial charge >= 0.3 is 5.97 Å². The van der Waals surface area contributed by atoms with Gasteiger partial charge in [0.2, 0.25) is 0 Å². The highest BCUT2D eigenvalue weighted by Crippen LogP contribution is 2.27. The first-order valence-corrected chi connectivity index (χ1v) is 11.3. The number of nitrogens with two attached hydrogens (primary N) is 1. The number of nitrogen functional groups attached to an aromatic ring is 1. The van der Waals surface area contributed by atoms with Crippen LogP contribution in [0.5, 0.6) is 5.75 Å². The van der Waals surface area contributed by atoms with Crippen LogP contribution in [0.3, 0.4) is 0 Å². The number of nitrogens with one attached hydrogen (secondary N) is 2. The molecule has 0 radical (unpaired) electrons. The molecule has 1 amide bonds. The van der Waals surface area contributed by atoms with Gasteiger partial charge in [0, 0.05) is 17.2 Å². The zero-order valence-corrected chi connectivity index (χ0v) is 20.4. The highest BCUT2D eigenvalue weighted by Gasteiger charge is 2.28. The fourth-order valence-electron chi connectivity index (χ4n) is 3.94. The molecular weight excluding hydrogens is 442 g/mol. The molecule has 0 aliphatic heterocycles. The first-order valence-electron chi connectivity index (χ1n) is 11.3. The number of ether oxygens (including phenoxy) is 2. The maximum absolute atomic E-state index is 12.9. The second-order valence-corrected chi connectivity index (χ2v) is 8.47. The number of amides is 1. The Balaban J connectivity index is 1.73. The molecule has 0 heterocycles. The molecule has 2 atom stereocenters. The van der Waals surface area contributed by atoms with E-state index in [0.29, 0.717) is 17.5 Å². The number of benzene rings is 3. The van der Waals surface area contributed by atoms with Crippen LogP contribution < -0.4 is 15.8 Å². The molecule has 0 fully saturated rings. The van der Waals surface area contributed by atoms with Crippen LogP contribution >= 0.6 is 0 Å². The van der Waals surface area contributed by atoms with E-state index in [2.05, 4.69) is 5.32 Å². The van der Waals surface area contributed by atoms with Gasteiger partial charge in [0.05, 0.1) is 20.1 Å². The number of esters is 1. The minimum absolute atomic E-state index is 0.0460. The summed E-state index contributed by atoms with van der Waals surface area (Å²) in [5, 5.41) is 10.6. The van der Waals surface area contributed by atoms with Crippen LogP contribution in [0.15, 0.2) is 66.7 Å². The van der Waals surface area contributed by atoms with E-state index in [1.54, 1.807) is 44.4 Å². The van der Waals surface area contributed by atoms with Crippen molar-refractivity contribution in [1.82, 2.24) is 5.32 Å². The van der Waals surface area contributed by atoms with Crippen molar-refractivity contribution in [2.24, 2.45) is 11.7 Å². The molecule has 182 valence electrons. The Bertz CT molecular complexity index is 1220. The largest absolute Gasteiger partial charge is 0.496 e. The van der Waals surface area contributed by atoms with Crippen LogP contribution in [0.4, 0.5) is 0 Å². The van der Waals surface area contributed by atoms with Crippen molar-refractivity contribution in [3.8, 4) is 16.9 Å². The van der Waals surface area contributed by atoms with Crippen molar-refractivity contribution in [2.45, 2.75) is 26.3 Å². The number of hydrogen-bond donors (Lipinski definition) is 3. The van der Waals surface area contributed by atoms with Gasteiger partial charge in [0.1, 0.15) is 11.6 Å². The lowest BCUT2D eigenvalue weighted by molar-refractivity contribution is -0.146. The molecule has 3 aromatic carbocycles. The fraction of sp³-hybridized carbons (Fsp3) is 0.250. The summed E-state index contributed by atoms with van der Waals surface area (Å²) in [6, 6.07) is 19.9. The number of amidine groups is 1. The van der Waals surface area contributed by atoms with Gasteiger partial charge in [0.15, 0.2) is 0 Å². The lowest BCUT2D eigenvalue weighted by atomic mass is 9.92. The molecule has 3 aromatic rings. The molecule has 3 rings (SSSR count). The molecule has 35 heavy (non-hydrogen) atoms. The summed E-state index contributed by atoms with van der Waals surface area (Å²) in [5.74, 6) is -0.548. The van der Waals surface area contributed by atoms with Gasteiger partial charge in [0.25, 0.3) is 5.91 Å². The van der Waals surface area contributed by atoms with Gasteiger partial charge in [-0.1, -0.05) is 42.5 Å². The third kappa shape index (κ3) is 6.26. The topological polar surface area (TPSA) is 115 Å². The smallest absolute Gasteiger partial charge is 0.311 e. The summed E-state index contributed by atoms with van der Waals surface area (Å²) < 4.78 is 10.4. The minimum Gasteiger partial charge on any atom is -0.496 e. The number of aryl methyl sites for hydroxylation is 1. The van der Waals surface area contributed by atoms with Crippen molar-refractivity contribution in [1.29, 1.82) is 5.41 Å². The van der Waals surface area contributed by atoms with E-state index in [1.807, 2.05) is 43.3 Å². The number of carbonyl (C=O) groups is 2. The second kappa shape index (κ2) is 11.3. The molecule has 0 aliphatic rings. The summed E-state index contributed by atoms with van der Waals surface area (Å²) in [6.45, 7) is 3.76. The highest BCUT2D eigenvalue weighted by atomic mass is 16.5. The Morgan fingerprint density at radius 2 is 1.66 bits per heavy atom. The van der Waals surface area contributed by atoms with Crippen LogP contribution in [-0.4, -0.2) is 38.0 Å². The molecule has 7 nitrogen and oxygen atoms in total. The van der Waals surface area contributed by atoms with E-state index in [4.69, 9.17) is 20.6 Å². The summed E-state index contributed by atoms with van der Waals surface area (Å²) in [4.78, 5) is 25.5. The van der Waals surface area contributed by atoms with Crippen LogP contribution in [0.25, 0.3) is 11.1 Å². The lowest BCUT2D eigenvalue weighted by Gasteiger charge is -2.23. The standard InChI is InChI=1S/C28H31N3O4/c1-17-8-9-22(16-25(17)34-3)20-10-12-21(13-11-20)27(32)31-18(2)24(28(33)35-4)15-19-6-5-7-23(14-19)26(29)30/h5-14,16,18,24H,15H2,1-4H3,(H3,29,30)(H,31,32)/t18?,24-/m0/s1. The number of rotatable bonds is 9. The molecule has 0 saturated heterocycles. The summed E-state index contributed by atoms with van der Waals surface area (Å²) in [5.41, 5.74) is 10.5. The van der Waals surface area contributed by atoms with Gasteiger partial charge in [-0.2, -0.15) is 0 Å². The quantitative estimate of drug-likeness (QED) is 0.246. The summed E-state index contributed by atoms with van der Waals surface area (Å²) in [7, 11) is 2.97. The van der Waals surface area contributed by atoms with Crippen molar-refractivity contribution in [3.05, 3.63) is 89.0 Å². The normalized spacial score (nSPS) is 12.3. The maximum Gasteiger partial charge on any atom is 0.311 e. The average Bonchev–Trinajstić information content (AvgIpc) is 2.87. The van der Waals surface area contributed by atoms with E-state index in [9.17, 15) is 9.59 Å². The first-order chi connectivity index (χ1) is 16.7. The Morgan fingerprint density at radius 3 is 2.29 bits per heavy atom. The van der Waals surface area contributed by atoms with Crippen LogP contribution in [0.1, 0.15) is 34.0 Å². The zero-order valence-electron chi connectivity index (χ0n) is 20.4. The molecule has 1 unspecified atom stereocenters. The maximum atomic E-state index is 12.9. The Morgan fingerprint density at radius 1 is 0.971 bits per heavy atom. The Labute approximate surface area is 205 Å². The van der Waals surface area contributed by atoms with Crippen LogP contribution in [0.2, 0.25) is 0 Å². The predicted molar refractivity (Wildman–Crippen MR) is 137 cm³/mol. The van der Waals surface area contributed by atoms with Crippen molar-refractivity contribution in [2.75, 3.05) is 14.2 Å². The van der Waals surface area contributed by atoms with Crippen LogP contribution in [-0.2, 0) is 16.0 Å². The van der Waals surface area contributed by atoms with Crippen molar-refractivity contribution >= 4 is 17.7 Å². The average molecular weight is 474 g/mol. The van der Waals surface area contributed by atoms with Gasteiger partial charge in [-0.25, -0.2) is 0 Å². The van der Waals surface area contributed by atoms with Gasteiger partial charge in [-0.05, 0) is 66.8 Å². The molecule has 0 spiro atoms. The predicted octanol–water partition coefficient (Wildman–Crippen LogP) is 4.10. The Kier molecular flexibility index (Phi) is 8.25. The molecule has 0 saturated carbocycles. The van der Waals surface area contributed by atoms with Gasteiger partial charge in [-0.15, -0.1) is 0 Å². The number of methoxy groups -OCH3 is 2. The second-order valence-electron chi connectivity index (χ2n) is 8.47. The monoisotopic (exact) mass is 473 g/mol. The third-order valence-electron chi connectivity index (χ3n) is 6.05. The zero-order chi connectivity index (χ0) is 25.5. The Hall–Kier alpha value is -4.13. The highest BCUT2D eigenvalue weighted by molar-refractivity contribution is 5.95. The SMILES string of the molecule is COC(=O)[C@@H](Cc1cccc(C(=N)N)c1)C(C)NC(=O)c1ccc(-c2ccc(C)c(OC)c2)cc1. The van der Waals surface area contributed by atoms with E-state index in [0.717, 1.165) is 28.0 Å². The molecule has 0 aromatic heterocycles. The summed E-state index contributed by atoms with van der Waals surface area (Å²) >= 11 is 0. The van der Waals surface area contributed by atoms with Crippen molar-refractivity contribution in [3.63, 3.8) is 0 Å². The van der Waals surface area contributed by atoms with E-state index < -0.39 is 17.9 Å². The number of hydrogen-bond acceptors (Lipinski definition) is 5. The van der Waals surface area contributed by atoms with Crippen LogP contribution in [0, 0.1) is 18.3 Å².